The van der Waals surface area contributed by atoms with E-state index >= 15 is 0 Å². The minimum Gasteiger partial charge on any atom is -0.355 e. The van der Waals surface area contributed by atoms with Crippen molar-refractivity contribution in [1.29, 1.82) is 0 Å². The molecule has 10 nitrogen and oxygen atoms in total. The molecule has 3 fully saturated rings. The van der Waals surface area contributed by atoms with Crippen molar-refractivity contribution in [2.45, 2.75) is 90.6 Å². The topological polar surface area (TPSA) is 123 Å². The summed E-state index contributed by atoms with van der Waals surface area (Å²) in [5, 5.41) is 12.7. The molecular weight excluding hydrogens is 597 g/mol. The first-order valence-electron chi connectivity index (χ1n) is 16.4. The molecule has 3 aliphatic rings. The average Bonchev–Trinajstić information content (AvgIpc) is 3.62. The van der Waals surface area contributed by atoms with Crippen LogP contribution in [0.4, 0.5) is 0 Å². The maximum absolute atomic E-state index is 12.2. The van der Waals surface area contributed by atoms with Crippen molar-refractivity contribution in [3.8, 4) is 0 Å². The largest absolute Gasteiger partial charge is 0.355 e. The fourth-order valence-electron chi connectivity index (χ4n) is 6.04. The highest BCUT2D eigenvalue weighted by Crippen LogP contribution is 2.31. The molecule has 1 saturated carbocycles. The monoisotopic (exact) mass is 658 g/mol. The number of nitrogens with one attached hydrogen (secondary N) is 4. The van der Waals surface area contributed by atoms with Crippen LogP contribution in [0.15, 0.2) is 0 Å². The van der Waals surface area contributed by atoms with E-state index in [0.29, 0.717) is 32.6 Å². The van der Waals surface area contributed by atoms with Gasteiger partial charge in [0.25, 0.3) is 0 Å². The van der Waals surface area contributed by atoms with Crippen LogP contribution in [0.5, 0.6) is 0 Å². The number of carbonyl (C=O) groups excluding carboxylic acids is 4. The predicted molar refractivity (Wildman–Crippen MR) is 186 cm³/mol. The molecule has 4 N–H and O–H groups in total. The van der Waals surface area contributed by atoms with Crippen molar-refractivity contribution >= 4 is 47.2 Å². The van der Waals surface area contributed by atoms with E-state index in [1.165, 1.54) is 70.7 Å². The Bertz CT molecular complexity index is 844. The molecule has 12 heteroatoms. The van der Waals surface area contributed by atoms with E-state index in [1.807, 2.05) is 11.8 Å². The lowest BCUT2D eigenvalue weighted by molar-refractivity contribution is -0.126. The van der Waals surface area contributed by atoms with Crippen LogP contribution in [0, 0.1) is 11.8 Å². The summed E-state index contributed by atoms with van der Waals surface area (Å²) < 4.78 is 0. The van der Waals surface area contributed by atoms with Gasteiger partial charge in [0, 0.05) is 89.0 Å². The van der Waals surface area contributed by atoms with Crippen molar-refractivity contribution in [3.63, 3.8) is 0 Å². The molecule has 44 heavy (non-hydrogen) atoms. The van der Waals surface area contributed by atoms with Crippen molar-refractivity contribution in [2.24, 2.45) is 11.8 Å². The lowest BCUT2D eigenvalue weighted by Gasteiger charge is -2.30. The first-order valence-corrected chi connectivity index (χ1v) is 18.5. The Morgan fingerprint density at radius 3 is 1.73 bits per heavy atom. The van der Waals surface area contributed by atoms with E-state index in [0.717, 1.165) is 48.9 Å². The van der Waals surface area contributed by atoms with Crippen LogP contribution in [0.3, 0.4) is 0 Å². The Morgan fingerprint density at radius 1 is 0.682 bits per heavy atom. The molecule has 3 rings (SSSR count). The SMILES string of the molecule is C.CCSC1CCN(CC2CCC(C(=O)NCCNC(C)=O)CC2)C1.CCSC1CCN(CCC(=O)NCCNC(C)=O)C1. The zero-order chi connectivity index (χ0) is 31.5. The van der Waals surface area contributed by atoms with Gasteiger partial charge in [0.2, 0.25) is 23.6 Å². The maximum atomic E-state index is 12.2. The van der Waals surface area contributed by atoms with E-state index in [1.54, 1.807) is 0 Å². The molecule has 0 aromatic rings. The number of amides is 4. The highest BCUT2D eigenvalue weighted by molar-refractivity contribution is 8.00. The number of hydrogen-bond acceptors (Lipinski definition) is 8. The van der Waals surface area contributed by atoms with E-state index in [2.05, 4.69) is 56.7 Å². The molecular formula is C32H62N6O4S2. The highest BCUT2D eigenvalue weighted by Gasteiger charge is 2.29. The third kappa shape index (κ3) is 17.8. The van der Waals surface area contributed by atoms with E-state index in [9.17, 15) is 19.2 Å². The lowest BCUT2D eigenvalue weighted by Crippen LogP contribution is -2.39. The van der Waals surface area contributed by atoms with Crippen LogP contribution >= 0.6 is 23.5 Å². The Morgan fingerprint density at radius 2 is 1.18 bits per heavy atom. The van der Waals surface area contributed by atoms with Crippen molar-refractivity contribution in [2.75, 3.05) is 77.0 Å². The number of likely N-dealkylation sites (tertiary alicyclic amines) is 2. The van der Waals surface area contributed by atoms with E-state index in [-0.39, 0.29) is 37.0 Å². The average molecular weight is 659 g/mol. The van der Waals surface area contributed by atoms with Gasteiger partial charge in [-0.15, -0.1) is 0 Å². The molecule has 2 aliphatic heterocycles. The number of nitrogens with zero attached hydrogens (tertiary/aromatic N) is 2. The van der Waals surface area contributed by atoms with Gasteiger partial charge in [-0.3, -0.25) is 19.2 Å². The van der Waals surface area contributed by atoms with Gasteiger partial charge in [0.05, 0.1) is 0 Å². The van der Waals surface area contributed by atoms with E-state index in [4.69, 9.17) is 0 Å². The van der Waals surface area contributed by atoms with Crippen LogP contribution < -0.4 is 21.3 Å². The van der Waals surface area contributed by atoms with Crippen LogP contribution in [0.25, 0.3) is 0 Å². The number of hydrogen-bond donors (Lipinski definition) is 4. The zero-order valence-electron chi connectivity index (χ0n) is 27.1. The van der Waals surface area contributed by atoms with Crippen LogP contribution in [0.2, 0.25) is 0 Å². The summed E-state index contributed by atoms with van der Waals surface area (Å²) in [7, 11) is 0. The highest BCUT2D eigenvalue weighted by atomic mass is 32.2. The van der Waals surface area contributed by atoms with Crippen LogP contribution in [-0.4, -0.2) is 121 Å². The second-order valence-electron chi connectivity index (χ2n) is 11.9. The maximum Gasteiger partial charge on any atom is 0.223 e. The van der Waals surface area contributed by atoms with Gasteiger partial charge in [0.1, 0.15) is 0 Å². The molecule has 4 amide bonds. The molecule has 1 aliphatic carbocycles. The molecule has 0 spiro atoms. The van der Waals surface area contributed by atoms with Gasteiger partial charge in [-0.1, -0.05) is 21.3 Å². The van der Waals surface area contributed by atoms with E-state index < -0.39 is 0 Å². The molecule has 256 valence electrons. The smallest absolute Gasteiger partial charge is 0.223 e. The summed E-state index contributed by atoms with van der Waals surface area (Å²) in [6.07, 6.45) is 7.49. The molecule has 0 aromatic heterocycles. The molecule has 0 radical (unpaired) electrons. The summed E-state index contributed by atoms with van der Waals surface area (Å²) in [5.74, 6) is 3.44. The van der Waals surface area contributed by atoms with Gasteiger partial charge in [-0.25, -0.2) is 0 Å². The molecule has 2 saturated heterocycles. The van der Waals surface area contributed by atoms with Crippen molar-refractivity contribution < 1.29 is 19.2 Å². The van der Waals surface area contributed by atoms with Gasteiger partial charge in [-0.2, -0.15) is 23.5 Å². The molecule has 2 unspecified atom stereocenters. The first-order chi connectivity index (χ1) is 20.7. The summed E-state index contributed by atoms with van der Waals surface area (Å²) in [6, 6.07) is 0. The molecule has 2 atom stereocenters. The van der Waals surface area contributed by atoms with Crippen molar-refractivity contribution in [1.82, 2.24) is 31.1 Å². The second kappa shape index (κ2) is 23.8. The number of rotatable bonds is 16. The Balaban J connectivity index is 0.000000442. The molecule has 0 bridgehead atoms. The molecule has 2 heterocycles. The standard InChI is InChI=1S/C18H33N3O2S.C13H25N3O2S.CH4/c1-3-24-17-8-11-21(13-17)12-15-4-6-16(7-5-15)18(23)20-10-9-19-14(2)22;1-3-19-12-4-8-16(10-12)9-5-13(18)15-7-6-14-11(2)17;/h15-17H,3-13H2,1-2H3,(H,19,22)(H,20,23);12H,3-10H2,1-2H3,(H,14,17)(H,15,18);1H4. The van der Waals surface area contributed by atoms with Gasteiger partial charge >= 0.3 is 0 Å². The van der Waals surface area contributed by atoms with Gasteiger partial charge in [0.15, 0.2) is 0 Å². The summed E-state index contributed by atoms with van der Waals surface area (Å²) in [5.41, 5.74) is 0. The first kappa shape index (κ1) is 40.5. The van der Waals surface area contributed by atoms with Gasteiger partial charge in [-0.05, 0) is 69.0 Å². The third-order valence-corrected chi connectivity index (χ3v) is 10.7. The summed E-state index contributed by atoms with van der Waals surface area (Å²) >= 11 is 4.11. The summed E-state index contributed by atoms with van der Waals surface area (Å²) in [4.78, 5) is 50.2. The quantitative estimate of drug-likeness (QED) is 0.187. The van der Waals surface area contributed by atoms with Gasteiger partial charge < -0.3 is 31.1 Å². The van der Waals surface area contributed by atoms with Crippen LogP contribution in [0.1, 0.15) is 80.1 Å². The predicted octanol–water partition coefficient (Wildman–Crippen LogP) is 2.96. The Hall–Kier alpha value is -1.50. The number of carbonyl (C=O) groups is 4. The Labute approximate surface area is 276 Å². The fraction of sp³-hybridized carbons (Fsp3) is 0.875. The second-order valence-corrected chi connectivity index (χ2v) is 15.0. The summed E-state index contributed by atoms with van der Waals surface area (Å²) in [6.45, 7) is 16.2. The molecule has 0 aromatic carbocycles. The number of thioether (sulfide) groups is 2. The fourth-order valence-corrected chi connectivity index (χ4v) is 8.16. The Kier molecular flexibility index (Phi) is 21.9. The third-order valence-electron chi connectivity index (χ3n) is 8.27. The van der Waals surface area contributed by atoms with Crippen LogP contribution in [-0.2, 0) is 19.2 Å². The minimum absolute atomic E-state index is 0. The lowest BCUT2D eigenvalue weighted by atomic mass is 9.81. The minimum atomic E-state index is -0.0641. The zero-order valence-corrected chi connectivity index (χ0v) is 28.7. The normalized spacial score (nSPS) is 23.5. The van der Waals surface area contributed by atoms with Crippen molar-refractivity contribution in [3.05, 3.63) is 0 Å².